The zero-order valence-corrected chi connectivity index (χ0v) is 12.0. The number of amides is 1. The van der Waals surface area contributed by atoms with Crippen molar-refractivity contribution in [1.82, 2.24) is 15.3 Å². The van der Waals surface area contributed by atoms with Crippen molar-refractivity contribution in [3.05, 3.63) is 18.1 Å². The van der Waals surface area contributed by atoms with E-state index in [4.69, 9.17) is 0 Å². The minimum atomic E-state index is -0.119. The minimum Gasteiger partial charge on any atom is -0.369 e. The van der Waals surface area contributed by atoms with Crippen LogP contribution >= 0.6 is 11.8 Å². The number of nitrogens with zero attached hydrogens (tertiary/aromatic N) is 2. The fourth-order valence-corrected chi connectivity index (χ4v) is 3.00. The molecule has 0 unspecified atom stereocenters. The monoisotopic (exact) mass is 280 g/mol. The van der Waals surface area contributed by atoms with Crippen LogP contribution in [0.15, 0.2) is 12.4 Å². The zero-order valence-electron chi connectivity index (χ0n) is 11.2. The molecule has 2 rings (SSSR count). The molecule has 0 atom stereocenters. The van der Waals surface area contributed by atoms with Crippen molar-refractivity contribution < 1.29 is 4.79 Å². The Bertz CT molecular complexity index is 404. The van der Waals surface area contributed by atoms with Gasteiger partial charge in [-0.1, -0.05) is 6.92 Å². The second kappa shape index (κ2) is 7.33. The molecule has 6 heteroatoms. The van der Waals surface area contributed by atoms with Gasteiger partial charge in [-0.05, 0) is 30.8 Å². The highest BCUT2D eigenvalue weighted by Gasteiger charge is 2.17. The number of hydrogen-bond donors (Lipinski definition) is 2. The third-order valence-corrected chi connectivity index (χ3v) is 4.05. The van der Waals surface area contributed by atoms with Gasteiger partial charge in [-0.3, -0.25) is 4.79 Å². The molecule has 0 radical (unpaired) electrons. The fourth-order valence-electron chi connectivity index (χ4n) is 1.89. The highest BCUT2D eigenvalue weighted by atomic mass is 32.2. The standard InChI is InChI=1S/C13H20N4OS/c1-2-5-14-12-9-15-11(8-16-12)13(18)17-10-3-6-19-7-4-10/h8-10H,2-7H2,1H3,(H,14,16)(H,17,18). The average Bonchev–Trinajstić information content (AvgIpc) is 2.46. The molecule has 1 amide bonds. The Balaban J connectivity index is 1.87. The van der Waals surface area contributed by atoms with Crippen LogP contribution in [0.3, 0.4) is 0 Å². The van der Waals surface area contributed by atoms with Crippen molar-refractivity contribution in [2.24, 2.45) is 0 Å². The van der Waals surface area contributed by atoms with E-state index in [-0.39, 0.29) is 11.9 Å². The molecule has 2 heterocycles. The second-order valence-electron chi connectivity index (χ2n) is 4.57. The number of thioether (sulfide) groups is 1. The fraction of sp³-hybridized carbons (Fsp3) is 0.615. The summed E-state index contributed by atoms with van der Waals surface area (Å²) in [7, 11) is 0. The van der Waals surface area contributed by atoms with Gasteiger partial charge in [0.25, 0.3) is 5.91 Å². The first kappa shape index (κ1) is 14.1. The molecule has 1 aliphatic rings. The maximum Gasteiger partial charge on any atom is 0.271 e. The van der Waals surface area contributed by atoms with E-state index in [1.54, 1.807) is 6.20 Å². The van der Waals surface area contributed by atoms with Crippen LogP contribution in [0.2, 0.25) is 0 Å². The molecular formula is C13H20N4OS. The maximum atomic E-state index is 12.0. The molecule has 1 saturated heterocycles. The van der Waals surface area contributed by atoms with Crippen molar-refractivity contribution in [3.8, 4) is 0 Å². The molecule has 5 nitrogen and oxygen atoms in total. The Morgan fingerprint density at radius 2 is 2.16 bits per heavy atom. The van der Waals surface area contributed by atoms with Crippen LogP contribution in [0.5, 0.6) is 0 Å². The van der Waals surface area contributed by atoms with Crippen molar-refractivity contribution in [2.45, 2.75) is 32.2 Å². The first-order chi connectivity index (χ1) is 9.29. The summed E-state index contributed by atoms with van der Waals surface area (Å²) in [5, 5.41) is 6.16. The maximum absolute atomic E-state index is 12.0. The van der Waals surface area contributed by atoms with Crippen LogP contribution in [-0.4, -0.2) is 40.0 Å². The van der Waals surface area contributed by atoms with Crippen LogP contribution in [0.1, 0.15) is 36.7 Å². The van der Waals surface area contributed by atoms with E-state index in [0.29, 0.717) is 11.5 Å². The number of nitrogens with one attached hydrogen (secondary N) is 2. The summed E-state index contributed by atoms with van der Waals surface area (Å²) in [4.78, 5) is 20.3. The van der Waals surface area contributed by atoms with E-state index < -0.39 is 0 Å². The van der Waals surface area contributed by atoms with Crippen molar-refractivity contribution in [2.75, 3.05) is 23.4 Å². The topological polar surface area (TPSA) is 66.9 Å². The molecule has 1 aliphatic heterocycles. The number of carbonyl (C=O) groups excluding carboxylic acids is 1. The average molecular weight is 280 g/mol. The molecule has 0 spiro atoms. The lowest BCUT2D eigenvalue weighted by atomic mass is 10.1. The van der Waals surface area contributed by atoms with Crippen LogP contribution < -0.4 is 10.6 Å². The van der Waals surface area contributed by atoms with Gasteiger partial charge in [-0.25, -0.2) is 9.97 Å². The molecule has 1 fully saturated rings. The van der Waals surface area contributed by atoms with Gasteiger partial charge in [0, 0.05) is 12.6 Å². The Kier molecular flexibility index (Phi) is 5.44. The Morgan fingerprint density at radius 1 is 1.37 bits per heavy atom. The third-order valence-electron chi connectivity index (χ3n) is 3.00. The highest BCUT2D eigenvalue weighted by molar-refractivity contribution is 7.99. The van der Waals surface area contributed by atoms with E-state index in [2.05, 4.69) is 27.5 Å². The lowest BCUT2D eigenvalue weighted by Crippen LogP contribution is -2.37. The molecule has 2 N–H and O–H groups in total. The summed E-state index contributed by atoms with van der Waals surface area (Å²) in [5.41, 5.74) is 0.389. The minimum absolute atomic E-state index is 0.119. The van der Waals surface area contributed by atoms with E-state index in [0.717, 1.165) is 37.3 Å². The van der Waals surface area contributed by atoms with E-state index in [9.17, 15) is 4.79 Å². The number of hydrogen-bond acceptors (Lipinski definition) is 5. The molecule has 104 valence electrons. The van der Waals surface area contributed by atoms with Crippen molar-refractivity contribution in [3.63, 3.8) is 0 Å². The highest BCUT2D eigenvalue weighted by Crippen LogP contribution is 2.17. The lowest BCUT2D eigenvalue weighted by molar-refractivity contribution is 0.0929. The van der Waals surface area contributed by atoms with Crippen LogP contribution in [0.25, 0.3) is 0 Å². The summed E-state index contributed by atoms with van der Waals surface area (Å²) in [6, 6.07) is 0.286. The summed E-state index contributed by atoms with van der Waals surface area (Å²) >= 11 is 1.94. The number of rotatable bonds is 5. The number of carbonyl (C=O) groups is 1. The molecule has 0 saturated carbocycles. The Hall–Kier alpha value is -1.30. The molecule has 19 heavy (non-hydrogen) atoms. The van der Waals surface area contributed by atoms with Gasteiger partial charge in [0.05, 0.1) is 12.4 Å². The largest absolute Gasteiger partial charge is 0.369 e. The first-order valence-corrected chi connectivity index (χ1v) is 7.89. The molecule has 1 aromatic heterocycles. The van der Waals surface area contributed by atoms with Crippen molar-refractivity contribution >= 4 is 23.5 Å². The van der Waals surface area contributed by atoms with Gasteiger partial charge in [-0.15, -0.1) is 0 Å². The zero-order chi connectivity index (χ0) is 13.5. The van der Waals surface area contributed by atoms with Gasteiger partial charge in [0.15, 0.2) is 0 Å². The Labute approximate surface area is 118 Å². The van der Waals surface area contributed by atoms with Gasteiger partial charge < -0.3 is 10.6 Å². The summed E-state index contributed by atoms with van der Waals surface area (Å²) in [6.07, 6.45) is 6.26. The third kappa shape index (κ3) is 4.38. The van der Waals surface area contributed by atoms with Crippen LogP contribution in [0, 0.1) is 0 Å². The van der Waals surface area contributed by atoms with Gasteiger partial charge >= 0.3 is 0 Å². The second-order valence-corrected chi connectivity index (χ2v) is 5.80. The summed E-state index contributed by atoms with van der Waals surface area (Å²) < 4.78 is 0. The number of aromatic nitrogens is 2. The van der Waals surface area contributed by atoms with E-state index in [1.165, 1.54) is 6.20 Å². The lowest BCUT2D eigenvalue weighted by Gasteiger charge is -2.22. The van der Waals surface area contributed by atoms with Crippen LogP contribution in [-0.2, 0) is 0 Å². The van der Waals surface area contributed by atoms with Gasteiger partial charge in [-0.2, -0.15) is 11.8 Å². The predicted molar refractivity (Wildman–Crippen MR) is 78.6 cm³/mol. The number of anilines is 1. The van der Waals surface area contributed by atoms with Crippen LogP contribution in [0.4, 0.5) is 5.82 Å². The predicted octanol–water partition coefficient (Wildman–Crippen LogP) is 1.92. The molecule has 0 bridgehead atoms. The molecule has 0 aliphatic carbocycles. The normalized spacial score (nSPS) is 16.1. The van der Waals surface area contributed by atoms with E-state index >= 15 is 0 Å². The Morgan fingerprint density at radius 3 is 2.79 bits per heavy atom. The smallest absolute Gasteiger partial charge is 0.271 e. The SMILES string of the molecule is CCCNc1cnc(C(=O)NC2CCSCC2)cn1. The molecule has 0 aromatic carbocycles. The van der Waals surface area contributed by atoms with Crippen molar-refractivity contribution in [1.29, 1.82) is 0 Å². The molecule has 1 aromatic rings. The summed E-state index contributed by atoms with van der Waals surface area (Å²) in [5.74, 6) is 2.84. The van der Waals surface area contributed by atoms with Gasteiger partial charge in [0.2, 0.25) is 0 Å². The summed E-state index contributed by atoms with van der Waals surface area (Å²) in [6.45, 7) is 2.95. The van der Waals surface area contributed by atoms with E-state index in [1.807, 2.05) is 11.8 Å². The quantitative estimate of drug-likeness (QED) is 0.862. The molecular weight excluding hydrogens is 260 g/mol. The van der Waals surface area contributed by atoms with Gasteiger partial charge in [0.1, 0.15) is 11.5 Å². The first-order valence-electron chi connectivity index (χ1n) is 6.74.